The van der Waals surface area contributed by atoms with Crippen LogP contribution in [0.3, 0.4) is 0 Å². The molecule has 0 bridgehead atoms. The molecule has 1 N–H and O–H groups in total. The van der Waals surface area contributed by atoms with Crippen LogP contribution < -0.4 is 10.1 Å². The third-order valence-electron chi connectivity index (χ3n) is 3.84. The second kappa shape index (κ2) is 8.25. The van der Waals surface area contributed by atoms with E-state index in [9.17, 15) is 4.79 Å². The Morgan fingerprint density at radius 1 is 1.38 bits per heavy atom. The lowest BCUT2D eigenvalue weighted by Gasteiger charge is -2.32. The van der Waals surface area contributed by atoms with E-state index in [1.165, 1.54) is 0 Å². The highest BCUT2D eigenvalue weighted by molar-refractivity contribution is 6.32. The molecular formula is C16H23ClN2O2. The van der Waals surface area contributed by atoms with E-state index in [1.54, 1.807) is 12.1 Å². The number of hydrogen-bond acceptors (Lipinski definition) is 3. The number of carbonyl (C=O) groups is 1. The highest BCUT2D eigenvalue weighted by Crippen LogP contribution is 2.23. The fourth-order valence-corrected chi connectivity index (χ4v) is 2.72. The topological polar surface area (TPSA) is 41.6 Å². The van der Waals surface area contributed by atoms with Crippen LogP contribution in [0.4, 0.5) is 0 Å². The lowest BCUT2D eigenvalue weighted by atomic mass is 9.97. The second-order valence-corrected chi connectivity index (χ2v) is 5.76. The van der Waals surface area contributed by atoms with E-state index in [2.05, 4.69) is 12.2 Å². The molecule has 4 nitrogen and oxygen atoms in total. The summed E-state index contributed by atoms with van der Waals surface area (Å²) in [5.41, 5.74) is 0. The Labute approximate surface area is 131 Å². The van der Waals surface area contributed by atoms with Gasteiger partial charge in [-0.05, 0) is 44.0 Å². The molecule has 0 atom stereocenters. The molecule has 0 aliphatic carbocycles. The monoisotopic (exact) mass is 310 g/mol. The van der Waals surface area contributed by atoms with E-state index in [1.807, 2.05) is 17.0 Å². The largest absolute Gasteiger partial charge is 0.482 e. The first-order chi connectivity index (χ1) is 10.2. The van der Waals surface area contributed by atoms with Crippen LogP contribution in [0.5, 0.6) is 5.75 Å². The maximum absolute atomic E-state index is 12.1. The second-order valence-electron chi connectivity index (χ2n) is 5.35. The molecule has 0 aromatic heterocycles. The zero-order valence-corrected chi connectivity index (χ0v) is 13.2. The lowest BCUT2D eigenvalue weighted by Crippen LogP contribution is -2.42. The van der Waals surface area contributed by atoms with Crippen molar-refractivity contribution in [3.63, 3.8) is 0 Å². The summed E-state index contributed by atoms with van der Waals surface area (Å²) in [5.74, 6) is 1.28. The number of carbonyl (C=O) groups excluding carboxylic acids is 1. The van der Waals surface area contributed by atoms with Crippen molar-refractivity contribution < 1.29 is 9.53 Å². The first-order valence-corrected chi connectivity index (χ1v) is 7.94. The quantitative estimate of drug-likeness (QED) is 0.878. The fourth-order valence-electron chi connectivity index (χ4n) is 2.53. The van der Waals surface area contributed by atoms with Gasteiger partial charge in [0.25, 0.3) is 5.91 Å². The van der Waals surface area contributed by atoms with Crippen LogP contribution in [-0.4, -0.2) is 43.6 Å². The van der Waals surface area contributed by atoms with Crippen LogP contribution in [0.1, 0.15) is 19.8 Å². The number of hydrogen-bond donors (Lipinski definition) is 1. The number of ether oxygens (including phenoxy) is 1. The normalized spacial score (nSPS) is 16.0. The van der Waals surface area contributed by atoms with Gasteiger partial charge >= 0.3 is 0 Å². The van der Waals surface area contributed by atoms with Crippen LogP contribution in [-0.2, 0) is 4.79 Å². The molecule has 1 aliphatic rings. The van der Waals surface area contributed by atoms with E-state index in [4.69, 9.17) is 16.3 Å². The number of piperidine rings is 1. The number of nitrogens with one attached hydrogen (secondary N) is 1. The van der Waals surface area contributed by atoms with Gasteiger partial charge in [-0.15, -0.1) is 0 Å². The summed E-state index contributed by atoms with van der Waals surface area (Å²) < 4.78 is 5.51. The smallest absolute Gasteiger partial charge is 0.260 e. The molecular weight excluding hydrogens is 288 g/mol. The van der Waals surface area contributed by atoms with Crippen molar-refractivity contribution in [1.82, 2.24) is 10.2 Å². The zero-order chi connectivity index (χ0) is 15.1. The molecule has 0 spiro atoms. The Morgan fingerprint density at radius 3 is 2.76 bits per heavy atom. The maximum atomic E-state index is 12.1. The molecule has 116 valence electrons. The molecule has 1 saturated heterocycles. The van der Waals surface area contributed by atoms with Crippen molar-refractivity contribution in [1.29, 1.82) is 0 Å². The Hall–Kier alpha value is -1.26. The summed E-state index contributed by atoms with van der Waals surface area (Å²) in [5, 5.41) is 3.91. The van der Waals surface area contributed by atoms with Gasteiger partial charge in [0.05, 0.1) is 5.02 Å². The predicted octanol–water partition coefficient (Wildman–Crippen LogP) is 2.57. The number of benzene rings is 1. The molecule has 1 aliphatic heterocycles. The minimum Gasteiger partial charge on any atom is -0.482 e. The van der Waals surface area contributed by atoms with Gasteiger partial charge in [0.15, 0.2) is 6.61 Å². The number of amides is 1. The highest BCUT2D eigenvalue weighted by atomic mass is 35.5. The van der Waals surface area contributed by atoms with Gasteiger partial charge in [-0.1, -0.05) is 30.7 Å². The van der Waals surface area contributed by atoms with Gasteiger partial charge in [-0.3, -0.25) is 4.79 Å². The Morgan fingerprint density at radius 2 is 2.10 bits per heavy atom. The first kappa shape index (κ1) is 16.1. The van der Waals surface area contributed by atoms with E-state index in [0.29, 0.717) is 16.7 Å². The van der Waals surface area contributed by atoms with Crippen LogP contribution in [0.25, 0.3) is 0 Å². The Bertz CT molecular complexity index is 459. The zero-order valence-electron chi connectivity index (χ0n) is 12.5. The predicted molar refractivity (Wildman–Crippen MR) is 84.8 cm³/mol. The maximum Gasteiger partial charge on any atom is 0.260 e. The van der Waals surface area contributed by atoms with E-state index < -0.39 is 0 Å². The van der Waals surface area contributed by atoms with Crippen molar-refractivity contribution in [2.24, 2.45) is 5.92 Å². The van der Waals surface area contributed by atoms with Crippen molar-refractivity contribution in [3.05, 3.63) is 29.3 Å². The van der Waals surface area contributed by atoms with Gasteiger partial charge in [-0.2, -0.15) is 0 Å². The molecule has 1 aromatic rings. The molecule has 0 unspecified atom stereocenters. The average molecular weight is 311 g/mol. The van der Waals surface area contributed by atoms with E-state index >= 15 is 0 Å². The Kier molecular flexibility index (Phi) is 6.33. The number of rotatable bonds is 6. The first-order valence-electron chi connectivity index (χ1n) is 7.56. The summed E-state index contributed by atoms with van der Waals surface area (Å²) in [7, 11) is 0. The molecule has 1 heterocycles. The average Bonchev–Trinajstić information content (AvgIpc) is 2.52. The van der Waals surface area contributed by atoms with Crippen molar-refractivity contribution in [3.8, 4) is 5.75 Å². The van der Waals surface area contributed by atoms with Crippen LogP contribution >= 0.6 is 11.6 Å². The molecule has 1 fully saturated rings. The van der Waals surface area contributed by atoms with Crippen LogP contribution in [0, 0.1) is 5.92 Å². The van der Waals surface area contributed by atoms with E-state index in [0.717, 1.165) is 39.0 Å². The minimum atomic E-state index is 0.0387. The molecule has 0 radical (unpaired) electrons. The summed E-state index contributed by atoms with van der Waals surface area (Å²) in [4.78, 5) is 14.0. The van der Waals surface area contributed by atoms with Crippen molar-refractivity contribution in [2.45, 2.75) is 19.8 Å². The summed E-state index contributed by atoms with van der Waals surface area (Å²) in [6, 6.07) is 7.22. The summed E-state index contributed by atoms with van der Waals surface area (Å²) in [6.45, 7) is 5.87. The van der Waals surface area contributed by atoms with Gasteiger partial charge in [0.1, 0.15) is 5.75 Å². The number of halogens is 1. The van der Waals surface area contributed by atoms with Crippen molar-refractivity contribution in [2.75, 3.05) is 32.8 Å². The van der Waals surface area contributed by atoms with Gasteiger partial charge in [0, 0.05) is 13.1 Å². The fraction of sp³-hybridized carbons (Fsp3) is 0.562. The molecule has 21 heavy (non-hydrogen) atoms. The molecule has 1 aromatic carbocycles. The van der Waals surface area contributed by atoms with Crippen molar-refractivity contribution >= 4 is 17.5 Å². The number of para-hydroxylation sites is 1. The third kappa shape index (κ3) is 4.90. The SMILES string of the molecule is CCNCC1CCN(C(=O)COc2ccccc2Cl)CC1. The molecule has 0 saturated carbocycles. The highest BCUT2D eigenvalue weighted by Gasteiger charge is 2.22. The van der Waals surface area contributed by atoms with Gasteiger partial charge in [0.2, 0.25) is 0 Å². The summed E-state index contributed by atoms with van der Waals surface area (Å²) >= 11 is 6.00. The van der Waals surface area contributed by atoms with Gasteiger partial charge in [-0.25, -0.2) is 0 Å². The number of likely N-dealkylation sites (tertiary alicyclic amines) is 1. The standard InChI is InChI=1S/C16H23ClN2O2/c1-2-18-11-13-7-9-19(10-8-13)16(20)12-21-15-6-4-3-5-14(15)17/h3-6,13,18H,2,7-12H2,1H3. The number of nitrogens with zero attached hydrogens (tertiary/aromatic N) is 1. The molecule has 5 heteroatoms. The lowest BCUT2D eigenvalue weighted by molar-refractivity contribution is -0.134. The minimum absolute atomic E-state index is 0.0387. The summed E-state index contributed by atoms with van der Waals surface area (Å²) in [6.07, 6.45) is 2.12. The molecule has 1 amide bonds. The van der Waals surface area contributed by atoms with Gasteiger partial charge < -0.3 is 15.0 Å². The van der Waals surface area contributed by atoms with Crippen LogP contribution in [0.2, 0.25) is 5.02 Å². The van der Waals surface area contributed by atoms with Crippen LogP contribution in [0.15, 0.2) is 24.3 Å². The third-order valence-corrected chi connectivity index (χ3v) is 4.15. The Balaban J connectivity index is 1.74. The van der Waals surface area contributed by atoms with E-state index in [-0.39, 0.29) is 12.5 Å². The molecule has 2 rings (SSSR count).